The third-order valence-corrected chi connectivity index (χ3v) is 3.69. The van der Waals surface area contributed by atoms with Crippen LogP contribution in [0.3, 0.4) is 0 Å². The Kier molecular flexibility index (Phi) is 2.72. The normalized spacial score (nSPS) is 19.1. The van der Waals surface area contributed by atoms with Gasteiger partial charge in [0.2, 0.25) is 0 Å². The highest BCUT2D eigenvalue weighted by atomic mass is 79.9. The number of halogens is 1. The minimum absolute atomic E-state index is 0.279. The Balaban J connectivity index is 2.13. The first-order chi connectivity index (χ1) is 8.25. The largest absolute Gasteiger partial charge is 0.391 e. The lowest BCUT2D eigenvalue weighted by atomic mass is 10.1. The van der Waals surface area contributed by atoms with Gasteiger partial charge in [0, 0.05) is 18.0 Å². The highest BCUT2D eigenvalue weighted by molar-refractivity contribution is 9.10. The monoisotopic (exact) mass is 293 g/mol. The molecule has 0 spiro atoms. The molecule has 3 rings (SSSR count). The maximum atomic E-state index is 9.76. The Hall–Kier alpha value is -1.20. The maximum absolute atomic E-state index is 9.76. The quantitative estimate of drug-likeness (QED) is 0.875. The first-order valence-corrected chi connectivity index (χ1v) is 6.38. The van der Waals surface area contributed by atoms with Crippen molar-refractivity contribution in [2.75, 3.05) is 0 Å². The zero-order chi connectivity index (χ0) is 11.8. The highest BCUT2D eigenvalue weighted by Gasteiger charge is 2.23. The van der Waals surface area contributed by atoms with Gasteiger partial charge in [-0.15, -0.1) is 0 Å². The van der Waals surface area contributed by atoms with Crippen molar-refractivity contribution in [2.45, 2.75) is 25.5 Å². The summed E-state index contributed by atoms with van der Waals surface area (Å²) in [7, 11) is 0. The molecule has 1 unspecified atom stereocenters. The molecule has 5 heteroatoms. The molecule has 0 aromatic carbocycles. The molecule has 1 aliphatic rings. The number of aromatic nitrogens is 3. The van der Waals surface area contributed by atoms with Crippen molar-refractivity contribution in [1.29, 1.82) is 0 Å². The van der Waals surface area contributed by atoms with Gasteiger partial charge in [0.05, 0.1) is 18.3 Å². The van der Waals surface area contributed by atoms with Crippen LogP contribution in [-0.2, 0) is 13.0 Å². The average Bonchev–Trinajstić information content (AvgIpc) is 2.67. The zero-order valence-electron chi connectivity index (χ0n) is 9.17. The van der Waals surface area contributed by atoms with Gasteiger partial charge in [-0.05, 0) is 40.9 Å². The van der Waals surface area contributed by atoms with Gasteiger partial charge in [-0.25, -0.2) is 4.98 Å². The van der Waals surface area contributed by atoms with Crippen molar-refractivity contribution in [2.24, 2.45) is 0 Å². The number of nitrogens with zero attached hydrogens (tertiary/aromatic N) is 3. The standard InChI is InChI=1S/C12H12BrN3O/c13-11-10-4-3-9(17)7-16(10)12(15-11)8-2-1-5-14-6-8/h1-2,5-6,9,17H,3-4,7H2. The van der Waals surface area contributed by atoms with E-state index in [1.807, 2.05) is 12.1 Å². The lowest BCUT2D eigenvalue weighted by Crippen LogP contribution is -2.24. The van der Waals surface area contributed by atoms with Gasteiger partial charge in [0.15, 0.2) is 0 Å². The fraction of sp³-hybridized carbons (Fsp3) is 0.333. The van der Waals surface area contributed by atoms with Gasteiger partial charge < -0.3 is 9.67 Å². The molecule has 0 fully saturated rings. The molecule has 0 radical (unpaired) electrons. The summed E-state index contributed by atoms with van der Waals surface area (Å²) < 4.78 is 2.96. The molecule has 17 heavy (non-hydrogen) atoms. The number of hydrogen-bond acceptors (Lipinski definition) is 3. The average molecular weight is 294 g/mol. The number of aliphatic hydroxyl groups excluding tert-OH is 1. The number of hydrogen-bond donors (Lipinski definition) is 1. The summed E-state index contributed by atoms with van der Waals surface area (Å²) in [6.45, 7) is 0.609. The van der Waals surface area contributed by atoms with E-state index >= 15 is 0 Å². The van der Waals surface area contributed by atoms with E-state index in [0.29, 0.717) is 6.54 Å². The second kappa shape index (κ2) is 4.23. The topological polar surface area (TPSA) is 50.9 Å². The third kappa shape index (κ3) is 1.89. The van der Waals surface area contributed by atoms with E-state index in [-0.39, 0.29) is 6.10 Å². The first-order valence-electron chi connectivity index (χ1n) is 5.59. The van der Waals surface area contributed by atoms with E-state index in [1.165, 1.54) is 0 Å². The van der Waals surface area contributed by atoms with E-state index in [9.17, 15) is 5.11 Å². The molecule has 1 atom stereocenters. The van der Waals surface area contributed by atoms with Crippen molar-refractivity contribution >= 4 is 15.9 Å². The first kappa shape index (κ1) is 10.9. The molecule has 88 valence electrons. The summed E-state index contributed by atoms with van der Waals surface area (Å²) in [5.74, 6) is 0.874. The van der Waals surface area contributed by atoms with Crippen molar-refractivity contribution in [1.82, 2.24) is 14.5 Å². The summed E-state index contributed by atoms with van der Waals surface area (Å²) in [5, 5.41) is 9.76. The fourth-order valence-electron chi connectivity index (χ4n) is 2.21. The van der Waals surface area contributed by atoms with E-state index in [1.54, 1.807) is 12.4 Å². The second-order valence-electron chi connectivity index (χ2n) is 4.22. The van der Waals surface area contributed by atoms with Crippen LogP contribution < -0.4 is 0 Å². The Morgan fingerprint density at radius 2 is 2.35 bits per heavy atom. The smallest absolute Gasteiger partial charge is 0.143 e. The van der Waals surface area contributed by atoms with Gasteiger partial charge in [-0.3, -0.25) is 4.98 Å². The maximum Gasteiger partial charge on any atom is 0.143 e. The van der Waals surface area contributed by atoms with E-state index in [4.69, 9.17) is 0 Å². The minimum Gasteiger partial charge on any atom is -0.391 e. The Labute approximate surface area is 107 Å². The minimum atomic E-state index is -0.279. The molecule has 3 heterocycles. The van der Waals surface area contributed by atoms with Crippen LogP contribution in [0, 0.1) is 0 Å². The van der Waals surface area contributed by atoms with Crippen LogP contribution in [0.1, 0.15) is 12.1 Å². The Morgan fingerprint density at radius 3 is 3.12 bits per heavy atom. The van der Waals surface area contributed by atoms with E-state index in [0.717, 1.165) is 34.5 Å². The van der Waals surface area contributed by atoms with E-state index in [2.05, 4.69) is 30.5 Å². The van der Waals surface area contributed by atoms with Crippen LogP contribution in [0.4, 0.5) is 0 Å². The summed E-state index contributed by atoms with van der Waals surface area (Å²) in [6, 6.07) is 3.88. The number of pyridine rings is 1. The van der Waals surface area contributed by atoms with E-state index < -0.39 is 0 Å². The van der Waals surface area contributed by atoms with Crippen molar-refractivity contribution < 1.29 is 5.11 Å². The van der Waals surface area contributed by atoms with Crippen LogP contribution in [0.25, 0.3) is 11.4 Å². The molecule has 0 saturated carbocycles. The summed E-state index contributed by atoms with van der Waals surface area (Å²) in [5.41, 5.74) is 2.14. The predicted molar refractivity (Wildman–Crippen MR) is 67.5 cm³/mol. The van der Waals surface area contributed by atoms with Gasteiger partial charge in [-0.1, -0.05) is 0 Å². The zero-order valence-corrected chi connectivity index (χ0v) is 10.8. The van der Waals surface area contributed by atoms with Crippen LogP contribution in [0.5, 0.6) is 0 Å². The summed E-state index contributed by atoms with van der Waals surface area (Å²) in [4.78, 5) is 8.63. The van der Waals surface area contributed by atoms with Crippen LogP contribution >= 0.6 is 15.9 Å². The van der Waals surface area contributed by atoms with Crippen LogP contribution in [0.2, 0.25) is 0 Å². The summed E-state index contributed by atoms with van der Waals surface area (Å²) >= 11 is 3.49. The van der Waals surface area contributed by atoms with Crippen LogP contribution in [-0.4, -0.2) is 25.7 Å². The molecular weight excluding hydrogens is 282 g/mol. The second-order valence-corrected chi connectivity index (χ2v) is 4.97. The molecular formula is C12H12BrN3O. The third-order valence-electron chi connectivity index (χ3n) is 3.05. The highest BCUT2D eigenvalue weighted by Crippen LogP contribution is 2.29. The number of rotatable bonds is 1. The van der Waals surface area contributed by atoms with Gasteiger partial charge in [-0.2, -0.15) is 0 Å². The molecule has 4 nitrogen and oxygen atoms in total. The number of imidazole rings is 1. The molecule has 0 saturated heterocycles. The van der Waals surface area contributed by atoms with Crippen LogP contribution in [0.15, 0.2) is 29.1 Å². The molecule has 2 aromatic rings. The van der Waals surface area contributed by atoms with Gasteiger partial charge in [0.25, 0.3) is 0 Å². The van der Waals surface area contributed by atoms with Gasteiger partial charge in [0.1, 0.15) is 10.4 Å². The predicted octanol–water partition coefficient (Wildman–Crippen LogP) is 2.01. The van der Waals surface area contributed by atoms with Crippen molar-refractivity contribution in [3.05, 3.63) is 34.8 Å². The fourth-order valence-corrected chi connectivity index (χ4v) is 2.79. The SMILES string of the molecule is OC1CCc2c(Br)nc(-c3cccnc3)n2C1. The van der Waals surface area contributed by atoms with Gasteiger partial charge >= 0.3 is 0 Å². The lowest BCUT2D eigenvalue weighted by molar-refractivity contribution is 0.132. The van der Waals surface area contributed by atoms with Crippen molar-refractivity contribution in [3.63, 3.8) is 0 Å². The number of aliphatic hydroxyl groups is 1. The van der Waals surface area contributed by atoms with Crippen molar-refractivity contribution in [3.8, 4) is 11.4 Å². The summed E-state index contributed by atoms with van der Waals surface area (Å²) in [6.07, 6.45) is 4.92. The molecule has 1 aliphatic heterocycles. The molecule has 0 amide bonds. The molecule has 2 aromatic heterocycles. The Morgan fingerprint density at radius 1 is 1.47 bits per heavy atom. The molecule has 0 aliphatic carbocycles. The lowest BCUT2D eigenvalue weighted by Gasteiger charge is -2.21. The Bertz CT molecular complexity index is 538. The number of fused-ring (bicyclic) bond motifs is 1. The molecule has 1 N–H and O–H groups in total. The molecule has 0 bridgehead atoms.